The van der Waals surface area contributed by atoms with Crippen molar-refractivity contribution in [1.29, 1.82) is 5.26 Å². The third kappa shape index (κ3) is 5.48. The van der Waals surface area contributed by atoms with E-state index in [1.165, 1.54) is 24.5 Å². The standard InChI is InChI=1S/C34H31Cl2F3N10O2S/c1-33(7-9-48(33)32(50)49-16-42-30(36)45-49)14-46(2)29-19-10-21(35)24(18-4-5-22(38)27-23(18)20(12-40)28(41)52-27)25(39)26(19)43-31(44-29)51-15-34-6-3-8-47(34)13-17(37)11-34/h4-5,10,16-17H,3,6-9,11,13-15,41H2,1-2H3/t17-,33?,34+/m1/s1. The molecule has 8 rings (SSSR count). The van der Waals surface area contributed by atoms with Gasteiger partial charge in [0.05, 0.1) is 26.4 Å². The number of anilines is 2. The third-order valence-corrected chi connectivity index (χ3v) is 12.1. The number of nitrogens with two attached hydrogens (primary N) is 1. The van der Waals surface area contributed by atoms with E-state index in [1.54, 1.807) is 16.8 Å². The van der Waals surface area contributed by atoms with E-state index in [-0.39, 0.29) is 78.0 Å². The van der Waals surface area contributed by atoms with Crippen molar-refractivity contribution in [3.8, 4) is 23.2 Å². The highest BCUT2D eigenvalue weighted by Crippen LogP contribution is 2.46. The number of hydrogen-bond donors (Lipinski definition) is 1. The SMILES string of the molecule is CN(CC1(C)CCN1C(=O)n1cnc(Cl)n1)c1nc(OC[C@@]23CCCN2C[C@H](F)C3)nc2c(F)c(-c3ccc(F)c4sc(N)c(C#N)c34)c(Cl)cc12. The van der Waals surface area contributed by atoms with Crippen LogP contribution in [-0.2, 0) is 0 Å². The van der Waals surface area contributed by atoms with Gasteiger partial charge in [0.2, 0.25) is 5.28 Å². The van der Waals surface area contributed by atoms with Gasteiger partial charge in [0, 0.05) is 49.4 Å². The molecule has 0 radical (unpaired) electrons. The number of hydrogen-bond acceptors (Lipinski definition) is 11. The molecule has 6 heterocycles. The smallest absolute Gasteiger partial charge is 0.346 e. The van der Waals surface area contributed by atoms with Gasteiger partial charge >= 0.3 is 12.0 Å². The number of rotatable bonds is 7. The zero-order valence-electron chi connectivity index (χ0n) is 28.0. The summed E-state index contributed by atoms with van der Waals surface area (Å²) in [4.78, 5) is 31.9. The van der Waals surface area contributed by atoms with Crippen LogP contribution in [0.5, 0.6) is 6.01 Å². The highest BCUT2D eigenvalue weighted by atomic mass is 35.5. The van der Waals surface area contributed by atoms with Crippen LogP contribution in [0.25, 0.3) is 32.1 Å². The summed E-state index contributed by atoms with van der Waals surface area (Å²) in [6.07, 6.45) is 2.86. The van der Waals surface area contributed by atoms with Crippen molar-refractivity contribution >= 4 is 72.4 Å². The monoisotopic (exact) mass is 770 g/mol. The third-order valence-electron chi connectivity index (χ3n) is 10.6. The molecular weight excluding hydrogens is 740 g/mol. The lowest BCUT2D eigenvalue weighted by Gasteiger charge is -2.51. The fourth-order valence-electron chi connectivity index (χ4n) is 8.06. The first kappa shape index (κ1) is 34.6. The highest BCUT2D eigenvalue weighted by Gasteiger charge is 2.50. The number of nitrogen functional groups attached to an aromatic ring is 1. The van der Waals surface area contributed by atoms with Crippen molar-refractivity contribution in [3.63, 3.8) is 0 Å². The molecule has 18 heteroatoms. The second kappa shape index (κ2) is 12.6. The van der Waals surface area contributed by atoms with E-state index in [4.69, 9.17) is 38.7 Å². The van der Waals surface area contributed by atoms with Crippen LogP contribution in [0.2, 0.25) is 10.3 Å². The molecule has 3 aromatic heterocycles. The Kier molecular flexibility index (Phi) is 8.40. The normalized spacial score (nSPS) is 22.9. The topological polar surface area (TPSA) is 142 Å². The van der Waals surface area contributed by atoms with E-state index in [1.807, 2.05) is 13.0 Å². The van der Waals surface area contributed by atoms with Gasteiger partial charge in [-0.3, -0.25) is 4.90 Å². The maximum atomic E-state index is 17.1. The number of likely N-dealkylation sites (tertiary alicyclic amines) is 1. The van der Waals surface area contributed by atoms with Crippen molar-refractivity contribution < 1.29 is 22.7 Å². The molecule has 3 aliphatic rings. The molecule has 52 heavy (non-hydrogen) atoms. The number of benzene rings is 2. The minimum absolute atomic E-state index is 0.0151. The number of nitrogens with zero attached hydrogens (tertiary/aromatic N) is 9. The van der Waals surface area contributed by atoms with Gasteiger partial charge in [-0.1, -0.05) is 17.7 Å². The Balaban J connectivity index is 1.23. The van der Waals surface area contributed by atoms with E-state index < -0.39 is 34.9 Å². The van der Waals surface area contributed by atoms with E-state index in [0.29, 0.717) is 25.9 Å². The van der Waals surface area contributed by atoms with Gasteiger partial charge in [-0.25, -0.2) is 22.9 Å². The lowest BCUT2D eigenvalue weighted by molar-refractivity contribution is 0.0436. The summed E-state index contributed by atoms with van der Waals surface area (Å²) in [7, 11) is 1.75. The van der Waals surface area contributed by atoms with Crippen LogP contribution in [0.15, 0.2) is 24.5 Å². The number of aromatic nitrogens is 5. The number of fused-ring (bicyclic) bond motifs is 3. The second-order valence-corrected chi connectivity index (χ2v) is 15.7. The molecule has 0 bridgehead atoms. The van der Waals surface area contributed by atoms with Gasteiger partial charge in [0.1, 0.15) is 47.3 Å². The lowest BCUT2D eigenvalue weighted by atomic mass is 9.86. The Hall–Kier alpha value is -4.43. The Bertz CT molecular complexity index is 2330. The minimum atomic E-state index is -0.982. The number of thiophene rings is 1. The number of nitriles is 1. The molecule has 1 amide bonds. The molecule has 270 valence electrons. The summed E-state index contributed by atoms with van der Waals surface area (Å²) in [5.41, 5.74) is 4.81. The molecular formula is C34H31Cl2F3N10O2S. The zero-order valence-corrected chi connectivity index (χ0v) is 30.3. The molecule has 12 nitrogen and oxygen atoms in total. The molecule has 1 unspecified atom stereocenters. The van der Waals surface area contributed by atoms with Gasteiger partial charge in [0.25, 0.3) is 0 Å². The van der Waals surface area contributed by atoms with Gasteiger partial charge in [0.15, 0.2) is 5.82 Å². The Labute approximate surface area is 309 Å². The van der Waals surface area contributed by atoms with E-state index >= 15 is 4.39 Å². The number of carbonyl (C=O) groups is 1. The summed E-state index contributed by atoms with van der Waals surface area (Å²) in [6, 6.07) is 5.53. The first-order valence-corrected chi connectivity index (χ1v) is 18.1. The van der Waals surface area contributed by atoms with Crippen LogP contribution in [0.4, 0.5) is 28.8 Å². The van der Waals surface area contributed by atoms with E-state index in [2.05, 4.69) is 20.0 Å². The van der Waals surface area contributed by atoms with Crippen LogP contribution in [0.3, 0.4) is 0 Å². The van der Waals surface area contributed by atoms with E-state index in [9.17, 15) is 18.8 Å². The minimum Gasteiger partial charge on any atom is -0.461 e. The molecule has 0 saturated carbocycles. The van der Waals surface area contributed by atoms with Crippen molar-refractivity contribution in [2.24, 2.45) is 0 Å². The van der Waals surface area contributed by atoms with E-state index in [0.717, 1.165) is 35.4 Å². The molecule has 2 N–H and O–H groups in total. The van der Waals surface area contributed by atoms with Crippen LogP contribution >= 0.6 is 34.5 Å². The fraction of sp³-hybridized carbons (Fsp3) is 0.412. The second-order valence-electron chi connectivity index (χ2n) is 13.9. The lowest BCUT2D eigenvalue weighted by Crippen LogP contribution is -2.65. The molecule has 3 aliphatic heterocycles. The summed E-state index contributed by atoms with van der Waals surface area (Å²) in [5, 5.41) is 14.2. The largest absolute Gasteiger partial charge is 0.461 e. The quantitative estimate of drug-likeness (QED) is 0.191. The fourth-order valence-corrected chi connectivity index (χ4v) is 9.43. The number of carbonyl (C=O) groups excluding carboxylic acids is 1. The molecule has 2 aromatic carbocycles. The first-order chi connectivity index (χ1) is 24.8. The predicted octanol–water partition coefficient (Wildman–Crippen LogP) is 6.67. The van der Waals surface area contributed by atoms with Crippen molar-refractivity contribution in [2.45, 2.75) is 49.9 Å². The van der Waals surface area contributed by atoms with Crippen molar-refractivity contribution in [2.75, 3.05) is 50.5 Å². The zero-order chi connectivity index (χ0) is 36.7. The molecule has 0 spiro atoms. The number of alkyl halides is 1. The van der Waals surface area contributed by atoms with Gasteiger partial charge in [-0.05, 0) is 62.0 Å². The molecule has 3 saturated heterocycles. The molecule has 3 atom stereocenters. The van der Waals surface area contributed by atoms with Gasteiger partial charge in [-0.2, -0.15) is 19.9 Å². The van der Waals surface area contributed by atoms with Crippen LogP contribution in [-0.4, -0.2) is 97.6 Å². The van der Waals surface area contributed by atoms with Crippen LogP contribution < -0.4 is 15.4 Å². The first-order valence-electron chi connectivity index (χ1n) is 16.6. The maximum absolute atomic E-state index is 17.1. The van der Waals surface area contributed by atoms with Crippen LogP contribution in [0, 0.1) is 23.0 Å². The Morgan fingerprint density at radius 2 is 2.06 bits per heavy atom. The average Bonchev–Trinajstić information content (AvgIpc) is 3.86. The maximum Gasteiger partial charge on any atom is 0.346 e. The highest BCUT2D eigenvalue weighted by molar-refractivity contribution is 7.23. The predicted molar refractivity (Wildman–Crippen MR) is 192 cm³/mol. The summed E-state index contributed by atoms with van der Waals surface area (Å²) >= 11 is 13.6. The number of ether oxygens (including phenoxy) is 1. The number of likely N-dealkylation sites (N-methyl/N-ethyl adjacent to an activating group) is 1. The van der Waals surface area contributed by atoms with Gasteiger partial charge < -0.3 is 20.3 Å². The summed E-state index contributed by atoms with van der Waals surface area (Å²) in [6.45, 7) is 3.81. The summed E-state index contributed by atoms with van der Waals surface area (Å²) in [5.74, 6) is -1.18. The van der Waals surface area contributed by atoms with Crippen molar-refractivity contribution in [1.82, 2.24) is 34.5 Å². The molecule has 3 fully saturated rings. The van der Waals surface area contributed by atoms with Gasteiger partial charge in [-0.15, -0.1) is 16.4 Å². The van der Waals surface area contributed by atoms with Crippen molar-refractivity contribution in [3.05, 3.63) is 52.0 Å². The summed E-state index contributed by atoms with van der Waals surface area (Å²) < 4.78 is 54.0. The molecule has 0 aliphatic carbocycles. The molecule has 5 aromatic rings. The Morgan fingerprint density at radius 3 is 2.77 bits per heavy atom. The average molecular weight is 772 g/mol. The number of halogens is 5. The Morgan fingerprint density at radius 1 is 1.25 bits per heavy atom. The number of amides is 1. The van der Waals surface area contributed by atoms with Crippen LogP contribution in [0.1, 0.15) is 38.2 Å².